The minimum Gasteiger partial charge on any atom is -0.294 e. The molecule has 0 bridgehead atoms. The Morgan fingerprint density at radius 2 is 2.00 bits per heavy atom. The molecule has 1 aromatic carbocycles. The number of carbonyl (C=O) groups excluding carboxylic acids is 1. The van der Waals surface area contributed by atoms with E-state index in [0.717, 1.165) is 6.42 Å². The fraction of sp³-hybridized carbons (Fsp3) is 0.533. The maximum Gasteiger partial charge on any atom is 0.166 e. The highest BCUT2D eigenvalue weighted by atomic mass is 79.9. The molecular formula is C15H19BrClFO. The number of rotatable bonds is 4. The predicted molar refractivity (Wildman–Crippen MR) is 81.3 cm³/mol. The van der Waals surface area contributed by atoms with Gasteiger partial charge in [0.25, 0.3) is 0 Å². The molecule has 106 valence electrons. The van der Waals surface area contributed by atoms with E-state index in [1.54, 1.807) is 6.07 Å². The molecule has 1 rings (SSSR count). The summed E-state index contributed by atoms with van der Waals surface area (Å²) >= 11 is 8.93. The van der Waals surface area contributed by atoms with E-state index in [1.165, 1.54) is 6.07 Å². The summed E-state index contributed by atoms with van der Waals surface area (Å²) in [7, 11) is 0. The highest BCUT2D eigenvalue weighted by Gasteiger charge is 2.21. The number of ketones is 1. The van der Waals surface area contributed by atoms with E-state index < -0.39 is 5.82 Å². The molecule has 19 heavy (non-hydrogen) atoms. The third-order valence-corrected chi connectivity index (χ3v) is 4.09. The Morgan fingerprint density at radius 3 is 2.53 bits per heavy atom. The fourth-order valence-corrected chi connectivity index (χ4v) is 2.76. The van der Waals surface area contributed by atoms with Crippen molar-refractivity contribution in [3.63, 3.8) is 0 Å². The van der Waals surface area contributed by atoms with E-state index in [1.807, 2.05) is 6.92 Å². The molecule has 0 heterocycles. The maximum absolute atomic E-state index is 13.9. The average Bonchev–Trinajstić information content (AvgIpc) is 2.23. The van der Waals surface area contributed by atoms with Gasteiger partial charge < -0.3 is 0 Å². The Morgan fingerprint density at radius 1 is 1.42 bits per heavy atom. The lowest BCUT2D eigenvalue weighted by atomic mass is 9.83. The summed E-state index contributed by atoms with van der Waals surface area (Å²) in [6, 6.07) is 3.09. The smallest absolute Gasteiger partial charge is 0.166 e. The minimum absolute atomic E-state index is 0.0330. The van der Waals surface area contributed by atoms with Gasteiger partial charge in [-0.25, -0.2) is 4.39 Å². The molecule has 0 aliphatic heterocycles. The number of benzene rings is 1. The third kappa shape index (κ3) is 4.88. The van der Waals surface area contributed by atoms with Crippen molar-refractivity contribution in [1.82, 2.24) is 0 Å². The molecule has 0 aliphatic carbocycles. The van der Waals surface area contributed by atoms with E-state index in [2.05, 4.69) is 36.7 Å². The molecule has 0 N–H and O–H groups in total. The summed E-state index contributed by atoms with van der Waals surface area (Å²) in [5, 5.41) is -0.0330. The zero-order valence-electron chi connectivity index (χ0n) is 11.7. The first-order valence-electron chi connectivity index (χ1n) is 6.28. The van der Waals surface area contributed by atoms with Crippen LogP contribution in [-0.2, 0) is 0 Å². The number of halogens is 3. The van der Waals surface area contributed by atoms with Gasteiger partial charge in [-0.1, -0.05) is 39.3 Å². The highest BCUT2D eigenvalue weighted by molar-refractivity contribution is 9.10. The van der Waals surface area contributed by atoms with Gasteiger partial charge in [-0.05, 0) is 45.8 Å². The molecule has 0 radical (unpaired) electrons. The average molecular weight is 350 g/mol. The Kier molecular flexibility index (Phi) is 5.57. The van der Waals surface area contributed by atoms with Gasteiger partial charge in [0.1, 0.15) is 0 Å². The molecule has 0 aliphatic rings. The predicted octanol–water partition coefficient (Wildman–Crippen LogP) is 5.89. The Bertz CT molecular complexity index is 480. The van der Waals surface area contributed by atoms with E-state index in [4.69, 9.17) is 11.6 Å². The lowest BCUT2D eigenvalue weighted by Crippen LogP contribution is -2.15. The molecular weight excluding hydrogens is 331 g/mol. The van der Waals surface area contributed by atoms with Crippen molar-refractivity contribution in [3.8, 4) is 0 Å². The third-order valence-electron chi connectivity index (χ3n) is 2.83. The van der Waals surface area contributed by atoms with Gasteiger partial charge in [0.15, 0.2) is 11.6 Å². The second-order valence-corrected chi connectivity index (χ2v) is 7.45. The highest BCUT2D eigenvalue weighted by Crippen LogP contribution is 2.30. The van der Waals surface area contributed by atoms with Crippen LogP contribution >= 0.6 is 27.5 Å². The van der Waals surface area contributed by atoms with Crippen LogP contribution < -0.4 is 0 Å². The molecule has 1 unspecified atom stereocenters. The molecule has 0 spiro atoms. The van der Waals surface area contributed by atoms with Crippen LogP contribution in [0.15, 0.2) is 16.6 Å². The van der Waals surface area contributed by atoms with Crippen molar-refractivity contribution in [2.75, 3.05) is 0 Å². The number of hydrogen-bond donors (Lipinski definition) is 0. The SMILES string of the molecule is CC(CC(=O)c1ccc(Br)c(Cl)c1F)CC(C)(C)C. The molecule has 0 aromatic heterocycles. The van der Waals surface area contributed by atoms with Crippen LogP contribution in [0.3, 0.4) is 0 Å². The minimum atomic E-state index is -0.635. The molecule has 0 saturated heterocycles. The number of Topliss-reactive ketones (excluding diaryl/α,β-unsaturated/α-hetero) is 1. The summed E-state index contributed by atoms with van der Waals surface area (Å²) in [6.45, 7) is 8.41. The van der Waals surface area contributed by atoms with Crippen LogP contribution in [-0.4, -0.2) is 5.78 Å². The van der Waals surface area contributed by atoms with Gasteiger partial charge >= 0.3 is 0 Å². The van der Waals surface area contributed by atoms with Gasteiger partial charge in [0.2, 0.25) is 0 Å². The first kappa shape index (κ1) is 16.6. The van der Waals surface area contributed by atoms with Crippen LogP contribution in [0.1, 0.15) is 50.9 Å². The molecule has 1 aromatic rings. The quantitative estimate of drug-likeness (QED) is 0.489. The lowest BCUT2D eigenvalue weighted by molar-refractivity contribution is 0.0950. The maximum atomic E-state index is 13.9. The second-order valence-electron chi connectivity index (χ2n) is 6.22. The molecule has 0 amide bonds. The van der Waals surface area contributed by atoms with Crippen molar-refractivity contribution < 1.29 is 9.18 Å². The summed E-state index contributed by atoms with van der Waals surface area (Å²) in [4.78, 5) is 12.1. The van der Waals surface area contributed by atoms with Crippen LogP contribution in [0.2, 0.25) is 5.02 Å². The molecule has 0 saturated carbocycles. The summed E-state index contributed by atoms with van der Waals surface area (Å²) in [6.07, 6.45) is 1.26. The largest absolute Gasteiger partial charge is 0.294 e. The first-order chi connectivity index (χ1) is 8.61. The molecule has 0 fully saturated rings. The Hall–Kier alpha value is -0.410. The molecule has 4 heteroatoms. The van der Waals surface area contributed by atoms with Gasteiger partial charge in [-0.2, -0.15) is 0 Å². The van der Waals surface area contributed by atoms with E-state index in [-0.39, 0.29) is 27.7 Å². The summed E-state index contributed by atoms with van der Waals surface area (Å²) < 4.78 is 14.4. The van der Waals surface area contributed by atoms with E-state index in [9.17, 15) is 9.18 Å². The molecule has 1 nitrogen and oxygen atoms in total. The summed E-state index contributed by atoms with van der Waals surface area (Å²) in [5.41, 5.74) is 0.240. The zero-order chi connectivity index (χ0) is 14.8. The van der Waals surface area contributed by atoms with Crippen molar-refractivity contribution in [3.05, 3.63) is 33.0 Å². The van der Waals surface area contributed by atoms with Crippen molar-refractivity contribution in [2.45, 2.75) is 40.5 Å². The summed E-state index contributed by atoms with van der Waals surface area (Å²) in [5.74, 6) is -0.609. The van der Waals surface area contributed by atoms with Crippen LogP contribution in [0.4, 0.5) is 4.39 Å². The number of carbonyl (C=O) groups is 1. The molecule has 1 atom stereocenters. The van der Waals surface area contributed by atoms with E-state index >= 15 is 0 Å². The normalized spacial score (nSPS) is 13.4. The van der Waals surface area contributed by atoms with Gasteiger partial charge in [0.05, 0.1) is 10.6 Å². The van der Waals surface area contributed by atoms with Crippen LogP contribution in [0, 0.1) is 17.2 Å². The monoisotopic (exact) mass is 348 g/mol. The van der Waals surface area contributed by atoms with Crippen LogP contribution in [0.5, 0.6) is 0 Å². The fourth-order valence-electron chi connectivity index (χ4n) is 2.29. The van der Waals surface area contributed by atoms with Gasteiger partial charge in [-0.15, -0.1) is 0 Å². The van der Waals surface area contributed by atoms with Crippen LogP contribution in [0.25, 0.3) is 0 Å². The van der Waals surface area contributed by atoms with Crippen molar-refractivity contribution >= 4 is 33.3 Å². The second kappa shape index (κ2) is 6.36. The van der Waals surface area contributed by atoms with Gasteiger partial charge in [0, 0.05) is 10.9 Å². The van der Waals surface area contributed by atoms with E-state index in [0.29, 0.717) is 10.9 Å². The number of hydrogen-bond acceptors (Lipinski definition) is 1. The standard InChI is InChI=1S/C15H19BrClFO/c1-9(8-15(2,3)4)7-12(19)10-5-6-11(16)13(17)14(10)18/h5-6,9H,7-8H2,1-4H3. The lowest BCUT2D eigenvalue weighted by Gasteiger charge is -2.22. The van der Waals surface area contributed by atoms with Crippen molar-refractivity contribution in [1.29, 1.82) is 0 Å². The first-order valence-corrected chi connectivity index (χ1v) is 7.45. The zero-order valence-corrected chi connectivity index (χ0v) is 14.0. The van der Waals surface area contributed by atoms with Crippen molar-refractivity contribution in [2.24, 2.45) is 11.3 Å². The van der Waals surface area contributed by atoms with Gasteiger partial charge in [-0.3, -0.25) is 4.79 Å². The Labute approximate surface area is 127 Å². The topological polar surface area (TPSA) is 17.1 Å². The Balaban J connectivity index is 2.82.